The molecule has 1 amide bonds. The summed E-state index contributed by atoms with van der Waals surface area (Å²) in [6.07, 6.45) is 9.99. The Morgan fingerprint density at radius 1 is 0.952 bits per heavy atom. The van der Waals surface area contributed by atoms with Gasteiger partial charge in [-0.05, 0) is 38.5 Å². The molecule has 1 atom stereocenters. The number of carbonyl (C=O) groups excluding carboxylic acids is 2. The fraction of sp³-hybridized carbons (Fsp3) is 0.875. The van der Waals surface area contributed by atoms with Crippen molar-refractivity contribution in [3.8, 4) is 0 Å². The van der Waals surface area contributed by atoms with E-state index in [0.717, 1.165) is 44.9 Å². The predicted molar refractivity (Wildman–Crippen MR) is 82.9 cm³/mol. The van der Waals surface area contributed by atoms with Gasteiger partial charge in [-0.25, -0.2) is 4.79 Å². The first-order valence-electron chi connectivity index (χ1n) is 8.34. The van der Waals surface area contributed by atoms with Crippen molar-refractivity contribution < 1.29 is 14.3 Å². The van der Waals surface area contributed by atoms with Crippen LogP contribution in [-0.4, -0.2) is 40.6 Å². The molecule has 21 heavy (non-hydrogen) atoms. The Balaban J connectivity index is 1.56. The minimum atomic E-state index is -0.341. The minimum absolute atomic E-state index is 0.0752. The summed E-state index contributed by atoms with van der Waals surface area (Å²) in [4.78, 5) is 26.6. The normalized spacial score (nSPS) is 28.0. The summed E-state index contributed by atoms with van der Waals surface area (Å²) in [6, 6.07) is -0.341. The molecule has 3 fully saturated rings. The molecule has 1 heterocycles. The molecule has 0 aromatic heterocycles. The van der Waals surface area contributed by atoms with E-state index in [0.29, 0.717) is 11.6 Å². The zero-order chi connectivity index (χ0) is 14.7. The van der Waals surface area contributed by atoms with Crippen molar-refractivity contribution in [3.63, 3.8) is 0 Å². The summed E-state index contributed by atoms with van der Waals surface area (Å²) in [5.41, 5.74) is 0. The molecule has 0 aromatic carbocycles. The largest absolute Gasteiger partial charge is 0.461 e. The summed E-state index contributed by atoms with van der Waals surface area (Å²) >= 11 is 1.67. The Bertz CT molecular complexity index is 389. The molecule has 0 spiro atoms. The molecule has 3 aliphatic rings. The van der Waals surface area contributed by atoms with Crippen LogP contribution in [0.3, 0.4) is 0 Å². The smallest absolute Gasteiger partial charge is 0.330 e. The average molecular weight is 311 g/mol. The number of nitrogens with zero attached hydrogens (tertiary/aromatic N) is 1. The zero-order valence-electron chi connectivity index (χ0n) is 12.6. The van der Waals surface area contributed by atoms with Crippen LogP contribution in [0.2, 0.25) is 0 Å². The highest BCUT2D eigenvalue weighted by atomic mass is 32.2. The molecule has 0 N–H and O–H groups in total. The van der Waals surface area contributed by atoms with Crippen LogP contribution in [0.4, 0.5) is 0 Å². The van der Waals surface area contributed by atoms with E-state index in [1.807, 2.05) is 0 Å². The molecule has 0 aromatic rings. The number of rotatable bonds is 3. The van der Waals surface area contributed by atoms with Crippen molar-refractivity contribution in [1.82, 2.24) is 4.90 Å². The second kappa shape index (κ2) is 7.03. The second-order valence-corrected chi connectivity index (χ2v) is 7.50. The third kappa shape index (κ3) is 3.55. The van der Waals surface area contributed by atoms with E-state index in [2.05, 4.69) is 0 Å². The van der Waals surface area contributed by atoms with Crippen LogP contribution in [0, 0.1) is 5.92 Å². The van der Waals surface area contributed by atoms with E-state index in [1.54, 1.807) is 16.7 Å². The number of amides is 1. The lowest BCUT2D eigenvalue weighted by Crippen LogP contribution is -2.47. The van der Waals surface area contributed by atoms with Gasteiger partial charge in [0.25, 0.3) is 0 Å². The molecule has 0 bridgehead atoms. The summed E-state index contributed by atoms with van der Waals surface area (Å²) in [5.74, 6) is 1.52. The van der Waals surface area contributed by atoms with Gasteiger partial charge >= 0.3 is 5.97 Å². The molecule has 2 saturated carbocycles. The first kappa shape index (κ1) is 15.2. The van der Waals surface area contributed by atoms with Crippen LogP contribution in [0.5, 0.6) is 0 Å². The van der Waals surface area contributed by atoms with Gasteiger partial charge in [0, 0.05) is 11.7 Å². The number of hydrogen-bond acceptors (Lipinski definition) is 4. The van der Waals surface area contributed by atoms with Crippen molar-refractivity contribution >= 4 is 23.6 Å². The van der Waals surface area contributed by atoms with Gasteiger partial charge in [0.2, 0.25) is 5.91 Å². The van der Waals surface area contributed by atoms with Crippen LogP contribution in [0.1, 0.15) is 57.8 Å². The molecular weight excluding hydrogens is 286 g/mol. The first-order valence-corrected chi connectivity index (χ1v) is 9.50. The SMILES string of the molecule is O=C(OC1CCCCCC1)[C@@H]1CSCN1C(=O)C1CCC1. The van der Waals surface area contributed by atoms with Crippen LogP contribution in [0.15, 0.2) is 0 Å². The number of ether oxygens (including phenoxy) is 1. The van der Waals surface area contributed by atoms with E-state index >= 15 is 0 Å². The fourth-order valence-corrected chi connectivity index (χ4v) is 4.50. The van der Waals surface area contributed by atoms with Gasteiger partial charge < -0.3 is 9.64 Å². The Hall–Kier alpha value is -0.710. The Labute approximate surface area is 131 Å². The topological polar surface area (TPSA) is 46.6 Å². The molecule has 118 valence electrons. The van der Waals surface area contributed by atoms with E-state index < -0.39 is 0 Å². The molecule has 1 aliphatic heterocycles. The number of hydrogen-bond donors (Lipinski definition) is 0. The van der Waals surface area contributed by atoms with Gasteiger partial charge in [0.15, 0.2) is 0 Å². The van der Waals surface area contributed by atoms with E-state index in [-0.39, 0.29) is 29.9 Å². The first-order chi connectivity index (χ1) is 10.3. The van der Waals surface area contributed by atoms with Crippen LogP contribution in [0.25, 0.3) is 0 Å². The quantitative estimate of drug-likeness (QED) is 0.594. The maximum Gasteiger partial charge on any atom is 0.330 e. The highest BCUT2D eigenvalue weighted by molar-refractivity contribution is 7.99. The number of thioether (sulfide) groups is 1. The third-order valence-corrected chi connectivity index (χ3v) is 5.99. The Morgan fingerprint density at radius 3 is 2.29 bits per heavy atom. The Morgan fingerprint density at radius 2 is 1.67 bits per heavy atom. The van der Waals surface area contributed by atoms with Gasteiger partial charge in [-0.15, -0.1) is 11.8 Å². The van der Waals surface area contributed by atoms with Crippen molar-refractivity contribution in [2.24, 2.45) is 5.92 Å². The van der Waals surface area contributed by atoms with Crippen molar-refractivity contribution in [3.05, 3.63) is 0 Å². The summed E-state index contributed by atoms with van der Waals surface area (Å²) < 4.78 is 5.72. The lowest BCUT2D eigenvalue weighted by Gasteiger charge is -2.31. The van der Waals surface area contributed by atoms with Crippen molar-refractivity contribution in [2.45, 2.75) is 69.9 Å². The highest BCUT2D eigenvalue weighted by Crippen LogP contribution is 2.32. The molecule has 4 nitrogen and oxygen atoms in total. The van der Waals surface area contributed by atoms with Crippen molar-refractivity contribution in [1.29, 1.82) is 0 Å². The zero-order valence-corrected chi connectivity index (χ0v) is 13.4. The van der Waals surface area contributed by atoms with E-state index in [4.69, 9.17) is 4.74 Å². The third-order valence-electron chi connectivity index (χ3n) is 4.98. The van der Waals surface area contributed by atoms with E-state index in [1.165, 1.54) is 12.8 Å². The van der Waals surface area contributed by atoms with Crippen molar-refractivity contribution in [2.75, 3.05) is 11.6 Å². The van der Waals surface area contributed by atoms with Gasteiger partial charge in [-0.1, -0.05) is 19.3 Å². The molecular formula is C16H25NO3S. The van der Waals surface area contributed by atoms with Gasteiger partial charge in [-0.3, -0.25) is 4.79 Å². The number of carbonyl (C=O) groups is 2. The molecule has 0 radical (unpaired) electrons. The molecule has 2 aliphatic carbocycles. The molecule has 0 unspecified atom stereocenters. The van der Waals surface area contributed by atoms with E-state index in [9.17, 15) is 9.59 Å². The summed E-state index contributed by atoms with van der Waals surface area (Å²) in [6.45, 7) is 0. The summed E-state index contributed by atoms with van der Waals surface area (Å²) in [7, 11) is 0. The lowest BCUT2D eigenvalue weighted by molar-refractivity contribution is -0.159. The molecule has 3 rings (SSSR count). The molecule has 1 saturated heterocycles. The van der Waals surface area contributed by atoms with Gasteiger partial charge in [-0.2, -0.15) is 0 Å². The number of esters is 1. The highest BCUT2D eigenvalue weighted by Gasteiger charge is 2.40. The monoisotopic (exact) mass is 311 g/mol. The minimum Gasteiger partial charge on any atom is -0.461 e. The van der Waals surface area contributed by atoms with Gasteiger partial charge in [0.1, 0.15) is 12.1 Å². The van der Waals surface area contributed by atoms with Crippen LogP contribution in [-0.2, 0) is 14.3 Å². The maximum atomic E-state index is 12.4. The Kier molecular flexibility index (Phi) is 5.09. The lowest BCUT2D eigenvalue weighted by atomic mass is 9.84. The van der Waals surface area contributed by atoms with Crippen LogP contribution >= 0.6 is 11.8 Å². The standard InChI is InChI=1S/C16H25NO3S/c18-15(12-6-5-7-12)17-11-21-10-14(17)16(19)20-13-8-3-1-2-4-9-13/h12-14H,1-11H2/t14-/m0/s1. The predicted octanol–water partition coefficient (Wildman–Crippen LogP) is 2.95. The van der Waals surface area contributed by atoms with Gasteiger partial charge in [0.05, 0.1) is 5.88 Å². The average Bonchev–Trinajstić information content (AvgIpc) is 2.76. The fourth-order valence-electron chi connectivity index (χ4n) is 3.35. The maximum absolute atomic E-state index is 12.4. The van der Waals surface area contributed by atoms with Crippen LogP contribution < -0.4 is 0 Å². The molecule has 5 heteroatoms. The summed E-state index contributed by atoms with van der Waals surface area (Å²) in [5, 5.41) is 0. The second-order valence-electron chi connectivity index (χ2n) is 6.50.